The predicted octanol–water partition coefficient (Wildman–Crippen LogP) is 4.71. The number of amides is 1. The smallest absolute Gasteiger partial charge is 0.296 e. The summed E-state index contributed by atoms with van der Waals surface area (Å²) < 4.78 is 6.66. The number of benzene rings is 2. The molecule has 30 heavy (non-hydrogen) atoms. The molecule has 1 amide bonds. The van der Waals surface area contributed by atoms with Crippen molar-refractivity contribution in [1.82, 2.24) is 4.98 Å². The summed E-state index contributed by atoms with van der Waals surface area (Å²) in [6, 6.07) is 16.2. The first-order valence-electron chi connectivity index (χ1n) is 9.26. The number of pyridine rings is 1. The summed E-state index contributed by atoms with van der Waals surface area (Å²) >= 11 is 3.39. The van der Waals surface area contributed by atoms with Crippen molar-refractivity contribution in [3.63, 3.8) is 0 Å². The van der Waals surface area contributed by atoms with Gasteiger partial charge in [-0.15, -0.1) is 0 Å². The lowest BCUT2D eigenvalue weighted by Gasteiger charge is -2.24. The van der Waals surface area contributed by atoms with Crippen molar-refractivity contribution in [2.75, 3.05) is 4.90 Å². The lowest BCUT2D eigenvalue weighted by Crippen LogP contribution is -2.30. The van der Waals surface area contributed by atoms with E-state index in [9.17, 15) is 14.7 Å². The molecule has 4 aromatic rings. The van der Waals surface area contributed by atoms with Crippen LogP contribution < -0.4 is 10.3 Å². The molecule has 1 aliphatic heterocycles. The second-order valence-corrected chi connectivity index (χ2v) is 8.04. The Bertz CT molecular complexity index is 1380. The minimum absolute atomic E-state index is 0.0104. The molecule has 0 saturated carbocycles. The van der Waals surface area contributed by atoms with E-state index in [0.29, 0.717) is 22.4 Å². The van der Waals surface area contributed by atoms with Crippen LogP contribution in [-0.4, -0.2) is 16.0 Å². The molecule has 5 rings (SSSR count). The van der Waals surface area contributed by atoms with Crippen LogP contribution in [0.2, 0.25) is 0 Å². The fourth-order valence-electron chi connectivity index (χ4n) is 3.82. The zero-order chi connectivity index (χ0) is 21.0. The van der Waals surface area contributed by atoms with Gasteiger partial charge in [-0.1, -0.05) is 34.1 Å². The fraction of sp³-hybridized carbons (Fsp3) is 0.0870. The van der Waals surface area contributed by atoms with Gasteiger partial charge in [0.1, 0.15) is 17.2 Å². The van der Waals surface area contributed by atoms with Crippen molar-refractivity contribution in [3.8, 4) is 5.75 Å². The summed E-state index contributed by atoms with van der Waals surface area (Å²) in [5.74, 6) is 0.103. The zero-order valence-corrected chi connectivity index (χ0v) is 17.4. The zero-order valence-electron chi connectivity index (χ0n) is 15.8. The van der Waals surface area contributed by atoms with Crippen LogP contribution in [0.3, 0.4) is 0 Å². The Morgan fingerprint density at radius 1 is 1.07 bits per heavy atom. The Hall–Kier alpha value is -3.45. The van der Waals surface area contributed by atoms with Crippen LogP contribution in [0.5, 0.6) is 5.75 Å². The molecule has 7 heteroatoms. The third-order valence-corrected chi connectivity index (χ3v) is 5.65. The second-order valence-electron chi connectivity index (χ2n) is 7.12. The van der Waals surface area contributed by atoms with Gasteiger partial charge in [0, 0.05) is 10.2 Å². The number of fused-ring (bicyclic) bond motifs is 2. The summed E-state index contributed by atoms with van der Waals surface area (Å²) in [5.41, 5.74) is 1.76. The first-order valence-corrected chi connectivity index (χ1v) is 10.1. The Morgan fingerprint density at radius 2 is 1.83 bits per heavy atom. The molecule has 1 unspecified atom stereocenters. The first-order chi connectivity index (χ1) is 14.4. The standard InChI is InChI=1S/C23H15BrN2O4/c1-12-3-2-4-18(25-12)26-20(13-5-8-15(27)9-6-13)19-21(28)16-11-14(24)7-10-17(16)30-22(19)23(26)29/h2-11,20,27H,1H3. The number of aryl methyl sites for hydroxylation is 1. The van der Waals surface area contributed by atoms with Crippen LogP contribution in [0.1, 0.15) is 33.4 Å². The number of anilines is 1. The van der Waals surface area contributed by atoms with Crippen molar-refractivity contribution >= 4 is 38.6 Å². The molecule has 0 aliphatic carbocycles. The van der Waals surface area contributed by atoms with E-state index >= 15 is 0 Å². The van der Waals surface area contributed by atoms with E-state index in [1.54, 1.807) is 36.4 Å². The van der Waals surface area contributed by atoms with Gasteiger partial charge in [0.05, 0.1) is 17.0 Å². The number of aromatic hydroxyl groups is 1. The largest absolute Gasteiger partial charge is 0.508 e. The number of hydrogen-bond donors (Lipinski definition) is 1. The number of rotatable bonds is 2. The summed E-state index contributed by atoms with van der Waals surface area (Å²) in [5, 5.41) is 10.1. The van der Waals surface area contributed by atoms with E-state index in [1.165, 1.54) is 17.0 Å². The summed E-state index contributed by atoms with van der Waals surface area (Å²) in [4.78, 5) is 32.9. The van der Waals surface area contributed by atoms with Crippen LogP contribution in [0.25, 0.3) is 11.0 Å². The SMILES string of the molecule is Cc1cccc(N2C(=O)c3oc4ccc(Br)cc4c(=O)c3C2c2ccc(O)cc2)n1. The van der Waals surface area contributed by atoms with Gasteiger partial charge in [-0.05, 0) is 55.0 Å². The molecule has 1 atom stereocenters. The van der Waals surface area contributed by atoms with Gasteiger partial charge in [-0.3, -0.25) is 14.5 Å². The maximum atomic E-state index is 13.5. The fourth-order valence-corrected chi connectivity index (χ4v) is 4.18. The van der Waals surface area contributed by atoms with Crippen molar-refractivity contribution in [2.45, 2.75) is 13.0 Å². The van der Waals surface area contributed by atoms with E-state index in [4.69, 9.17) is 4.42 Å². The van der Waals surface area contributed by atoms with E-state index in [2.05, 4.69) is 20.9 Å². The maximum absolute atomic E-state index is 13.5. The Morgan fingerprint density at radius 3 is 2.57 bits per heavy atom. The normalized spacial score (nSPS) is 15.6. The van der Waals surface area contributed by atoms with E-state index in [-0.39, 0.29) is 22.5 Å². The van der Waals surface area contributed by atoms with Gasteiger partial charge in [-0.25, -0.2) is 4.98 Å². The molecule has 0 radical (unpaired) electrons. The van der Waals surface area contributed by atoms with Crippen molar-refractivity contribution in [1.29, 1.82) is 0 Å². The Balaban J connectivity index is 1.83. The molecule has 2 aromatic heterocycles. The van der Waals surface area contributed by atoms with Gasteiger partial charge < -0.3 is 9.52 Å². The number of carbonyl (C=O) groups is 1. The quantitative estimate of drug-likeness (QED) is 0.466. The average molecular weight is 463 g/mol. The van der Waals surface area contributed by atoms with Crippen LogP contribution in [0, 0.1) is 6.92 Å². The summed E-state index contributed by atoms with van der Waals surface area (Å²) in [6.07, 6.45) is 0. The average Bonchev–Trinajstić information content (AvgIpc) is 3.02. The number of carbonyl (C=O) groups excluding carboxylic acids is 1. The second kappa shape index (κ2) is 6.81. The monoisotopic (exact) mass is 462 g/mol. The van der Waals surface area contributed by atoms with Gasteiger partial charge in [0.15, 0.2) is 5.43 Å². The van der Waals surface area contributed by atoms with Crippen LogP contribution in [0.4, 0.5) is 5.82 Å². The highest BCUT2D eigenvalue weighted by Gasteiger charge is 2.44. The highest BCUT2D eigenvalue weighted by Crippen LogP contribution is 2.41. The van der Waals surface area contributed by atoms with Crippen LogP contribution >= 0.6 is 15.9 Å². The number of halogens is 1. The van der Waals surface area contributed by atoms with Gasteiger partial charge in [0.25, 0.3) is 5.91 Å². The van der Waals surface area contributed by atoms with E-state index < -0.39 is 11.9 Å². The molecular formula is C23H15BrN2O4. The topological polar surface area (TPSA) is 83.6 Å². The highest BCUT2D eigenvalue weighted by molar-refractivity contribution is 9.10. The van der Waals surface area contributed by atoms with Crippen LogP contribution in [-0.2, 0) is 0 Å². The highest BCUT2D eigenvalue weighted by atomic mass is 79.9. The van der Waals surface area contributed by atoms with Crippen molar-refractivity contribution in [3.05, 3.63) is 97.9 Å². The molecular weight excluding hydrogens is 448 g/mol. The van der Waals surface area contributed by atoms with Gasteiger partial charge in [-0.2, -0.15) is 0 Å². The molecule has 2 aromatic carbocycles. The first kappa shape index (κ1) is 18.6. The van der Waals surface area contributed by atoms with Gasteiger partial charge in [0.2, 0.25) is 5.76 Å². The maximum Gasteiger partial charge on any atom is 0.296 e. The number of hydrogen-bond acceptors (Lipinski definition) is 5. The number of nitrogens with zero attached hydrogens (tertiary/aromatic N) is 2. The van der Waals surface area contributed by atoms with Gasteiger partial charge >= 0.3 is 0 Å². The minimum atomic E-state index is -0.720. The molecule has 6 nitrogen and oxygen atoms in total. The van der Waals surface area contributed by atoms with E-state index in [1.807, 2.05) is 19.1 Å². The third kappa shape index (κ3) is 2.81. The molecule has 3 heterocycles. The number of aromatic nitrogens is 1. The van der Waals surface area contributed by atoms with Crippen LogP contribution in [0.15, 0.2) is 74.3 Å². The predicted molar refractivity (Wildman–Crippen MR) is 116 cm³/mol. The van der Waals surface area contributed by atoms with Crippen molar-refractivity contribution in [2.24, 2.45) is 0 Å². The Kier molecular flexibility index (Phi) is 4.22. The molecule has 0 spiro atoms. The van der Waals surface area contributed by atoms with Crippen molar-refractivity contribution < 1.29 is 14.3 Å². The lowest BCUT2D eigenvalue weighted by atomic mass is 9.98. The lowest BCUT2D eigenvalue weighted by molar-refractivity contribution is 0.0970. The molecule has 0 saturated heterocycles. The minimum Gasteiger partial charge on any atom is -0.508 e. The van der Waals surface area contributed by atoms with E-state index in [0.717, 1.165) is 10.2 Å². The molecule has 1 aliphatic rings. The molecule has 148 valence electrons. The molecule has 0 bridgehead atoms. The molecule has 0 fully saturated rings. The number of phenols is 1. The summed E-state index contributed by atoms with van der Waals surface area (Å²) in [7, 11) is 0. The molecule has 1 N–H and O–H groups in total. The Labute approximate surface area is 179 Å². The number of phenolic OH excluding ortho intramolecular Hbond substituents is 1. The summed E-state index contributed by atoms with van der Waals surface area (Å²) in [6.45, 7) is 1.84. The third-order valence-electron chi connectivity index (χ3n) is 5.16.